The summed E-state index contributed by atoms with van der Waals surface area (Å²) in [5.41, 5.74) is 0. The quantitative estimate of drug-likeness (QED) is 0.611. The molecule has 0 radical (unpaired) electrons. The second-order valence-corrected chi connectivity index (χ2v) is 3.71. The van der Waals surface area contributed by atoms with Gasteiger partial charge < -0.3 is 4.74 Å². The fourth-order valence-corrected chi connectivity index (χ4v) is 1.20. The minimum atomic E-state index is -0.162. The molecule has 0 aromatic heterocycles. The van der Waals surface area contributed by atoms with E-state index in [4.69, 9.17) is 4.74 Å². The zero-order valence-corrected chi connectivity index (χ0v) is 9.30. The summed E-state index contributed by atoms with van der Waals surface area (Å²) in [5.74, 6) is 0.337. The zero-order valence-electron chi connectivity index (χ0n) is 9.30. The first-order valence-electron chi connectivity index (χ1n) is 5.28. The number of hydrogen-bond donors (Lipinski definition) is 0. The fraction of sp³-hybridized carbons (Fsp3) is 0.909. The van der Waals surface area contributed by atoms with E-state index in [0.29, 0.717) is 6.61 Å². The van der Waals surface area contributed by atoms with Gasteiger partial charge in [-0.15, -0.1) is 0 Å². The van der Waals surface area contributed by atoms with Crippen molar-refractivity contribution in [3.63, 3.8) is 0 Å². The molecule has 1 atom stereocenters. The lowest BCUT2D eigenvalue weighted by atomic mass is 10.0. The third-order valence-corrected chi connectivity index (χ3v) is 1.96. The van der Waals surface area contributed by atoms with Crippen molar-refractivity contribution in [2.75, 3.05) is 6.61 Å². The molecule has 0 N–H and O–H groups in total. The molecule has 0 fully saturated rings. The Labute approximate surface area is 81.7 Å². The second kappa shape index (κ2) is 7.07. The molecule has 0 heterocycles. The van der Waals surface area contributed by atoms with Gasteiger partial charge in [-0.05, 0) is 12.8 Å². The molecule has 0 unspecified atom stereocenters. The van der Waals surface area contributed by atoms with Crippen LogP contribution in [0.4, 0.5) is 0 Å². The largest absolute Gasteiger partial charge is 0.370 e. The van der Waals surface area contributed by atoms with Crippen molar-refractivity contribution in [1.29, 1.82) is 0 Å². The summed E-state index contributed by atoms with van der Waals surface area (Å²) in [7, 11) is 0. The van der Waals surface area contributed by atoms with Gasteiger partial charge in [-0.1, -0.05) is 34.1 Å². The predicted molar refractivity (Wildman–Crippen MR) is 54.8 cm³/mol. The molecule has 0 aromatic carbocycles. The van der Waals surface area contributed by atoms with Crippen LogP contribution in [0.2, 0.25) is 0 Å². The first kappa shape index (κ1) is 12.6. The molecule has 0 aliphatic heterocycles. The van der Waals surface area contributed by atoms with Gasteiger partial charge in [0.15, 0.2) is 5.78 Å². The van der Waals surface area contributed by atoms with E-state index < -0.39 is 0 Å². The summed E-state index contributed by atoms with van der Waals surface area (Å²) >= 11 is 0. The maximum atomic E-state index is 11.6. The van der Waals surface area contributed by atoms with Crippen LogP contribution >= 0.6 is 0 Å². The Kier molecular flexibility index (Phi) is 6.87. The topological polar surface area (TPSA) is 26.3 Å². The van der Waals surface area contributed by atoms with E-state index in [0.717, 1.165) is 19.3 Å². The van der Waals surface area contributed by atoms with Gasteiger partial charge in [-0.2, -0.15) is 0 Å². The van der Waals surface area contributed by atoms with Gasteiger partial charge in [0, 0.05) is 12.5 Å². The van der Waals surface area contributed by atoms with Gasteiger partial charge in [0.1, 0.15) is 6.10 Å². The van der Waals surface area contributed by atoms with Crippen molar-refractivity contribution >= 4 is 5.78 Å². The van der Waals surface area contributed by atoms with Crippen LogP contribution in [0.25, 0.3) is 0 Å². The molecule has 0 saturated heterocycles. The van der Waals surface area contributed by atoms with Crippen molar-refractivity contribution in [2.45, 2.75) is 53.1 Å². The molecule has 0 amide bonds. The Morgan fingerprint density at radius 3 is 2.23 bits per heavy atom. The van der Waals surface area contributed by atoms with Crippen LogP contribution in [0.1, 0.15) is 47.0 Å². The van der Waals surface area contributed by atoms with Gasteiger partial charge in [-0.3, -0.25) is 4.79 Å². The highest BCUT2D eigenvalue weighted by Gasteiger charge is 2.20. The number of rotatable bonds is 7. The number of hydrogen-bond acceptors (Lipinski definition) is 2. The Morgan fingerprint density at radius 1 is 1.23 bits per heavy atom. The van der Waals surface area contributed by atoms with Crippen LogP contribution in [0.3, 0.4) is 0 Å². The third kappa shape index (κ3) is 5.04. The maximum absolute atomic E-state index is 11.6. The zero-order chi connectivity index (χ0) is 10.3. The van der Waals surface area contributed by atoms with E-state index in [1.165, 1.54) is 0 Å². The molecule has 78 valence electrons. The van der Waals surface area contributed by atoms with Gasteiger partial charge in [0.25, 0.3) is 0 Å². The van der Waals surface area contributed by atoms with Crippen molar-refractivity contribution in [3.05, 3.63) is 0 Å². The first-order valence-corrected chi connectivity index (χ1v) is 5.28. The third-order valence-electron chi connectivity index (χ3n) is 1.96. The monoisotopic (exact) mass is 186 g/mol. The molecule has 13 heavy (non-hydrogen) atoms. The lowest BCUT2D eigenvalue weighted by Gasteiger charge is -2.17. The molecule has 0 spiro atoms. The van der Waals surface area contributed by atoms with E-state index >= 15 is 0 Å². The number of ether oxygens (including phenoxy) is 1. The average Bonchev–Trinajstić information content (AvgIpc) is 2.11. The highest BCUT2D eigenvalue weighted by atomic mass is 16.5. The summed E-state index contributed by atoms with van der Waals surface area (Å²) in [6, 6.07) is 0. The lowest BCUT2D eigenvalue weighted by Crippen LogP contribution is -2.28. The normalized spacial score (nSPS) is 13.3. The number of carbonyl (C=O) groups excluding carboxylic acids is 1. The highest BCUT2D eigenvalue weighted by molar-refractivity contribution is 5.84. The molecule has 0 bridgehead atoms. The molecular formula is C11H22O2. The van der Waals surface area contributed by atoms with Crippen molar-refractivity contribution < 1.29 is 9.53 Å². The number of carbonyl (C=O) groups is 1. The molecule has 0 aliphatic rings. The summed E-state index contributed by atoms with van der Waals surface area (Å²) in [4.78, 5) is 11.6. The summed E-state index contributed by atoms with van der Waals surface area (Å²) < 4.78 is 5.51. The van der Waals surface area contributed by atoms with Gasteiger partial charge in [-0.25, -0.2) is 0 Å². The Balaban J connectivity index is 3.99. The SMILES string of the molecule is CCCO[C@H](CCC)C(=O)C(C)C. The Morgan fingerprint density at radius 2 is 1.85 bits per heavy atom. The molecular weight excluding hydrogens is 164 g/mol. The van der Waals surface area contributed by atoms with Crippen LogP contribution in [-0.4, -0.2) is 18.5 Å². The summed E-state index contributed by atoms with van der Waals surface area (Å²) in [6.07, 6.45) is 2.68. The molecule has 0 rings (SSSR count). The first-order chi connectivity index (χ1) is 6.13. The van der Waals surface area contributed by atoms with Gasteiger partial charge >= 0.3 is 0 Å². The van der Waals surface area contributed by atoms with Crippen molar-refractivity contribution in [1.82, 2.24) is 0 Å². The molecule has 0 aromatic rings. The van der Waals surface area contributed by atoms with Gasteiger partial charge in [0.05, 0.1) is 0 Å². The Hall–Kier alpha value is -0.370. The van der Waals surface area contributed by atoms with Crippen LogP contribution in [-0.2, 0) is 9.53 Å². The lowest BCUT2D eigenvalue weighted by molar-refractivity contribution is -0.134. The predicted octanol–water partition coefficient (Wildman–Crippen LogP) is 2.81. The van der Waals surface area contributed by atoms with E-state index in [1.54, 1.807) is 0 Å². The van der Waals surface area contributed by atoms with Crippen molar-refractivity contribution in [3.8, 4) is 0 Å². The molecule has 0 aliphatic carbocycles. The smallest absolute Gasteiger partial charge is 0.164 e. The Bertz CT molecular complexity index is 141. The van der Waals surface area contributed by atoms with Crippen LogP contribution < -0.4 is 0 Å². The van der Waals surface area contributed by atoms with Gasteiger partial charge in [0.2, 0.25) is 0 Å². The average molecular weight is 186 g/mol. The van der Waals surface area contributed by atoms with Crippen LogP contribution in [0.5, 0.6) is 0 Å². The molecule has 2 heteroatoms. The number of ketones is 1. The van der Waals surface area contributed by atoms with Crippen molar-refractivity contribution in [2.24, 2.45) is 5.92 Å². The van der Waals surface area contributed by atoms with E-state index in [9.17, 15) is 4.79 Å². The fourth-order valence-electron chi connectivity index (χ4n) is 1.20. The summed E-state index contributed by atoms with van der Waals surface area (Å²) in [6.45, 7) is 8.70. The molecule has 2 nitrogen and oxygen atoms in total. The minimum absolute atomic E-state index is 0.0911. The maximum Gasteiger partial charge on any atom is 0.164 e. The second-order valence-electron chi connectivity index (χ2n) is 3.71. The highest BCUT2D eigenvalue weighted by Crippen LogP contribution is 2.10. The van der Waals surface area contributed by atoms with Crippen LogP contribution in [0, 0.1) is 5.92 Å². The van der Waals surface area contributed by atoms with E-state index in [1.807, 2.05) is 13.8 Å². The van der Waals surface area contributed by atoms with Crippen LogP contribution in [0.15, 0.2) is 0 Å². The molecule has 0 saturated carbocycles. The van der Waals surface area contributed by atoms with E-state index in [2.05, 4.69) is 13.8 Å². The summed E-state index contributed by atoms with van der Waals surface area (Å²) in [5, 5.41) is 0. The minimum Gasteiger partial charge on any atom is -0.370 e. The standard InChI is InChI=1S/C11H22O2/c1-5-7-10(13-8-6-2)11(12)9(3)4/h9-10H,5-8H2,1-4H3/t10-/m1/s1. The number of Topliss-reactive ketones (excluding diaryl/α,β-unsaturated/α-hetero) is 1. The van der Waals surface area contributed by atoms with E-state index in [-0.39, 0.29) is 17.8 Å².